The number of hydrogen-bond donors (Lipinski definition) is 2. The van der Waals surface area contributed by atoms with Crippen molar-refractivity contribution in [3.05, 3.63) is 42.0 Å². The van der Waals surface area contributed by atoms with Gasteiger partial charge < -0.3 is 20.1 Å². The summed E-state index contributed by atoms with van der Waals surface area (Å²) in [6.07, 6.45) is 4.74. The van der Waals surface area contributed by atoms with Gasteiger partial charge in [0.15, 0.2) is 11.8 Å². The number of halogens is 1. The maximum Gasteiger partial charge on any atom is 0.191 e. The summed E-state index contributed by atoms with van der Waals surface area (Å²) < 4.78 is 2.01. The van der Waals surface area contributed by atoms with E-state index < -0.39 is 0 Å². The highest BCUT2D eigenvalue weighted by Crippen LogP contribution is 2.19. The molecule has 0 saturated carbocycles. The summed E-state index contributed by atoms with van der Waals surface area (Å²) in [6.45, 7) is 10.1. The summed E-state index contributed by atoms with van der Waals surface area (Å²) in [7, 11) is 2.00. The van der Waals surface area contributed by atoms with Crippen molar-refractivity contribution in [2.24, 2.45) is 12.0 Å². The number of aliphatic imine (C=N–C) groups is 1. The van der Waals surface area contributed by atoms with E-state index in [4.69, 9.17) is 4.99 Å². The van der Waals surface area contributed by atoms with Crippen LogP contribution in [-0.2, 0) is 13.6 Å². The first-order valence-corrected chi connectivity index (χ1v) is 12.1. The van der Waals surface area contributed by atoms with E-state index in [1.165, 1.54) is 25.1 Å². The second-order valence-corrected chi connectivity index (χ2v) is 8.93. The van der Waals surface area contributed by atoms with Gasteiger partial charge in [-0.2, -0.15) is 0 Å². The number of nitrogens with one attached hydrogen (secondary N) is 2. The number of hydrogen-bond acceptors (Lipinski definition) is 5. The predicted molar refractivity (Wildman–Crippen MR) is 145 cm³/mol. The van der Waals surface area contributed by atoms with Gasteiger partial charge in [0.2, 0.25) is 0 Å². The lowest BCUT2D eigenvalue weighted by Gasteiger charge is -2.35. The molecule has 1 atom stereocenters. The van der Waals surface area contributed by atoms with E-state index >= 15 is 0 Å². The van der Waals surface area contributed by atoms with Crippen LogP contribution in [0.15, 0.2) is 35.3 Å². The molecule has 2 aliphatic rings. The van der Waals surface area contributed by atoms with Crippen LogP contribution in [0.5, 0.6) is 0 Å². The van der Waals surface area contributed by atoms with Crippen molar-refractivity contribution in [3.63, 3.8) is 0 Å². The summed E-state index contributed by atoms with van der Waals surface area (Å²) in [5, 5.41) is 15.8. The van der Waals surface area contributed by atoms with Crippen LogP contribution in [0.1, 0.15) is 44.3 Å². The number of likely N-dealkylation sites (N-methyl/N-ethyl adjacent to an activating group) is 1. The molecular weight excluding hydrogens is 527 g/mol. The van der Waals surface area contributed by atoms with Gasteiger partial charge in [0.05, 0.1) is 0 Å². The monoisotopic (exact) mass is 566 g/mol. The number of para-hydroxylation sites is 1. The van der Waals surface area contributed by atoms with E-state index in [0.717, 1.165) is 56.6 Å². The third-order valence-corrected chi connectivity index (χ3v) is 6.93. The molecule has 2 saturated heterocycles. The van der Waals surface area contributed by atoms with Crippen LogP contribution in [0.3, 0.4) is 0 Å². The van der Waals surface area contributed by atoms with Gasteiger partial charge in [-0.1, -0.05) is 25.1 Å². The van der Waals surface area contributed by atoms with E-state index in [1.54, 1.807) is 0 Å². The van der Waals surface area contributed by atoms with Gasteiger partial charge in [-0.05, 0) is 57.8 Å². The number of aryl methyl sites for hydroxylation is 1. The zero-order valence-electron chi connectivity index (χ0n) is 20.2. The third kappa shape index (κ3) is 6.81. The molecule has 2 N–H and O–H groups in total. The van der Waals surface area contributed by atoms with Crippen LogP contribution in [0.25, 0.3) is 0 Å². The first-order chi connectivity index (χ1) is 15.6. The van der Waals surface area contributed by atoms with E-state index in [9.17, 15) is 0 Å². The summed E-state index contributed by atoms with van der Waals surface area (Å²) in [5.74, 6) is 2.70. The molecule has 0 bridgehead atoms. The Morgan fingerprint density at radius 2 is 1.85 bits per heavy atom. The molecule has 4 rings (SSSR count). The molecule has 1 aromatic carbocycles. The predicted octanol–water partition coefficient (Wildman–Crippen LogP) is 2.93. The fourth-order valence-electron chi connectivity index (χ4n) is 4.76. The number of nitrogens with zero attached hydrogens (tertiary/aromatic N) is 6. The standard InChI is InChI=1S/C24H38N8.HI/c1-4-31-14-8-11-22(31)17-25-24(26-18-23-29-28-19(2)30(23)3)27-20-12-15-32(16-13-20)21-9-6-5-7-10-21;/h5-7,9-10,20,22H,4,8,11-18H2,1-3H3,(H2,25,26,27);1H. The summed E-state index contributed by atoms with van der Waals surface area (Å²) in [5.41, 5.74) is 1.32. The van der Waals surface area contributed by atoms with Crippen LogP contribution in [0.2, 0.25) is 0 Å². The second-order valence-electron chi connectivity index (χ2n) is 8.93. The number of aromatic nitrogens is 3. The molecule has 2 aliphatic heterocycles. The van der Waals surface area contributed by atoms with Crippen molar-refractivity contribution in [2.75, 3.05) is 37.6 Å². The lowest BCUT2D eigenvalue weighted by atomic mass is 10.0. The molecule has 33 heavy (non-hydrogen) atoms. The molecule has 3 heterocycles. The number of anilines is 1. The van der Waals surface area contributed by atoms with Crippen LogP contribution < -0.4 is 15.5 Å². The van der Waals surface area contributed by atoms with E-state index in [0.29, 0.717) is 18.6 Å². The number of piperidine rings is 1. The van der Waals surface area contributed by atoms with Crippen molar-refractivity contribution in [2.45, 2.75) is 58.2 Å². The van der Waals surface area contributed by atoms with Crippen LogP contribution in [0.4, 0.5) is 5.69 Å². The molecule has 9 heteroatoms. The topological polar surface area (TPSA) is 73.6 Å². The van der Waals surface area contributed by atoms with Gasteiger partial charge in [0.25, 0.3) is 0 Å². The Labute approximate surface area is 215 Å². The van der Waals surface area contributed by atoms with Gasteiger partial charge in [-0.25, -0.2) is 4.99 Å². The van der Waals surface area contributed by atoms with Gasteiger partial charge in [0.1, 0.15) is 12.4 Å². The molecule has 182 valence electrons. The maximum atomic E-state index is 4.89. The fourth-order valence-corrected chi connectivity index (χ4v) is 4.76. The van der Waals surface area contributed by atoms with Crippen LogP contribution in [-0.4, -0.2) is 70.4 Å². The quantitative estimate of drug-likeness (QED) is 0.305. The minimum Gasteiger partial charge on any atom is -0.371 e. The van der Waals surface area contributed by atoms with Crippen molar-refractivity contribution in [3.8, 4) is 0 Å². The smallest absolute Gasteiger partial charge is 0.191 e. The van der Waals surface area contributed by atoms with E-state index in [-0.39, 0.29) is 24.0 Å². The Hall–Kier alpha value is -1.88. The molecule has 0 spiro atoms. The van der Waals surface area contributed by atoms with Crippen molar-refractivity contribution < 1.29 is 0 Å². The van der Waals surface area contributed by atoms with Gasteiger partial charge in [0, 0.05) is 44.5 Å². The Morgan fingerprint density at radius 1 is 1.09 bits per heavy atom. The summed E-state index contributed by atoms with van der Waals surface area (Å²) in [4.78, 5) is 9.93. The van der Waals surface area contributed by atoms with E-state index in [1.807, 2.05) is 18.5 Å². The summed E-state index contributed by atoms with van der Waals surface area (Å²) in [6, 6.07) is 11.7. The zero-order chi connectivity index (χ0) is 22.3. The maximum absolute atomic E-state index is 4.89. The first-order valence-electron chi connectivity index (χ1n) is 12.1. The van der Waals surface area contributed by atoms with Crippen molar-refractivity contribution in [1.82, 2.24) is 30.3 Å². The Kier molecular flexibility index (Phi) is 9.78. The molecule has 0 aliphatic carbocycles. The number of guanidine groups is 1. The van der Waals surface area contributed by atoms with Crippen molar-refractivity contribution in [1.29, 1.82) is 0 Å². The average molecular weight is 567 g/mol. The first kappa shape index (κ1) is 25.7. The van der Waals surface area contributed by atoms with Crippen LogP contribution in [0, 0.1) is 6.92 Å². The molecule has 0 amide bonds. The highest BCUT2D eigenvalue weighted by Gasteiger charge is 2.24. The van der Waals surface area contributed by atoms with Crippen molar-refractivity contribution >= 4 is 35.6 Å². The number of likely N-dealkylation sites (tertiary alicyclic amines) is 1. The Morgan fingerprint density at radius 3 is 2.52 bits per heavy atom. The molecule has 2 aromatic rings. The minimum atomic E-state index is 0. The lowest BCUT2D eigenvalue weighted by molar-refractivity contribution is 0.266. The number of benzene rings is 1. The molecule has 0 radical (unpaired) electrons. The molecule has 2 fully saturated rings. The van der Waals surface area contributed by atoms with Gasteiger partial charge in [-0.3, -0.25) is 4.90 Å². The minimum absolute atomic E-state index is 0. The average Bonchev–Trinajstić information content (AvgIpc) is 3.42. The Bertz CT molecular complexity index is 876. The third-order valence-electron chi connectivity index (χ3n) is 6.93. The SMILES string of the molecule is CCN1CCCC1CNC(=NCc1nnc(C)n1C)NC1CCN(c2ccccc2)CC1.I. The van der Waals surface area contributed by atoms with Crippen LogP contribution >= 0.6 is 24.0 Å². The Balaban J connectivity index is 0.00000306. The lowest BCUT2D eigenvalue weighted by Crippen LogP contribution is -2.51. The molecule has 1 aromatic heterocycles. The van der Waals surface area contributed by atoms with E-state index in [2.05, 4.69) is 67.9 Å². The molecule has 8 nitrogen and oxygen atoms in total. The largest absolute Gasteiger partial charge is 0.371 e. The number of rotatable bonds is 7. The zero-order valence-corrected chi connectivity index (χ0v) is 22.5. The van der Waals surface area contributed by atoms with Gasteiger partial charge in [-0.15, -0.1) is 34.2 Å². The normalized spacial score (nSPS) is 20.0. The fraction of sp³-hybridized carbons (Fsp3) is 0.625. The summed E-state index contributed by atoms with van der Waals surface area (Å²) >= 11 is 0. The molecule has 1 unspecified atom stereocenters. The second kappa shape index (κ2) is 12.5. The van der Waals surface area contributed by atoms with Gasteiger partial charge >= 0.3 is 0 Å². The molecular formula is C24H39IN8. The highest BCUT2D eigenvalue weighted by atomic mass is 127. The highest BCUT2D eigenvalue weighted by molar-refractivity contribution is 14.0.